The van der Waals surface area contributed by atoms with Crippen molar-refractivity contribution in [2.45, 2.75) is 37.8 Å². The van der Waals surface area contributed by atoms with Crippen LogP contribution in [-0.4, -0.2) is 72.7 Å². The summed E-state index contributed by atoms with van der Waals surface area (Å²) in [7, 11) is 1.23. The summed E-state index contributed by atoms with van der Waals surface area (Å²) in [5.74, 6) is 0.0845. The molecule has 0 saturated carbocycles. The number of aryl methyl sites for hydroxylation is 1. The zero-order valence-corrected chi connectivity index (χ0v) is 29.5. The van der Waals surface area contributed by atoms with Crippen LogP contribution in [0.25, 0.3) is 0 Å². The number of carbonyl (C=O) groups is 2. The van der Waals surface area contributed by atoms with Gasteiger partial charge in [0.1, 0.15) is 24.1 Å². The summed E-state index contributed by atoms with van der Waals surface area (Å²) in [4.78, 5) is 29.8. The number of sulfonamides is 1. The highest BCUT2D eigenvalue weighted by molar-refractivity contribution is 7.92. The second-order valence-electron chi connectivity index (χ2n) is 11.1. The molecule has 4 rings (SSSR count). The number of amides is 2. The van der Waals surface area contributed by atoms with Crippen LogP contribution in [0.2, 0.25) is 0 Å². The Hall–Kier alpha value is -5.23. The molecule has 49 heavy (non-hydrogen) atoms. The fourth-order valence-corrected chi connectivity index (χ4v) is 6.86. The van der Waals surface area contributed by atoms with Crippen molar-refractivity contribution in [2.24, 2.45) is 0 Å². The van der Waals surface area contributed by atoms with Crippen LogP contribution in [0.5, 0.6) is 23.0 Å². The largest absolute Gasteiger partial charge is 0.497 e. The lowest BCUT2D eigenvalue weighted by atomic mass is 10.0. The second kappa shape index (κ2) is 16.7. The molecule has 0 radical (unpaired) electrons. The molecule has 0 saturated heterocycles. The Kier molecular flexibility index (Phi) is 12.5. The van der Waals surface area contributed by atoms with Crippen LogP contribution in [-0.2, 0) is 32.6 Å². The first-order chi connectivity index (χ1) is 23.6. The number of likely N-dealkylation sites (N-methyl/N-ethyl adjacent to an activating group) is 1. The minimum Gasteiger partial charge on any atom is -0.497 e. The first-order valence-electron chi connectivity index (χ1n) is 15.7. The summed E-state index contributed by atoms with van der Waals surface area (Å²) in [6, 6.07) is 24.8. The highest BCUT2D eigenvalue weighted by Crippen LogP contribution is 2.38. The molecule has 4 aromatic rings. The van der Waals surface area contributed by atoms with Gasteiger partial charge >= 0.3 is 0 Å². The van der Waals surface area contributed by atoms with E-state index in [0.717, 1.165) is 21.0 Å². The van der Waals surface area contributed by atoms with E-state index in [0.29, 0.717) is 18.0 Å². The number of anilines is 1. The predicted octanol–water partition coefficient (Wildman–Crippen LogP) is 5.00. The molecule has 0 aromatic heterocycles. The van der Waals surface area contributed by atoms with Gasteiger partial charge in [-0.1, -0.05) is 54.6 Å². The van der Waals surface area contributed by atoms with Crippen LogP contribution in [0.3, 0.4) is 0 Å². The monoisotopic (exact) mass is 689 g/mol. The van der Waals surface area contributed by atoms with Gasteiger partial charge in [-0.05, 0) is 54.8 Å². The zero-order chi connectivity index (χ0) is 35.6. The van der Waals surface area contributed by atoms with Crippen LogP contribution < -0.4 is 28.6 Å². The van der Waals surface area contributed by atoms with Crippen molar-refractivity contribution in [2.75, 3.05) is 45.8 Å². The molecule has 0 bridgehead atoms. The summed E-state index contributed by atoms with van der Waals surface area (Å²) >= 11 is 0. The van der Waals surface area contributed by atoms with Gasteiger partial charge in [0.15, 0.2) is 11.5 Å². The van der Waals surface area contributed by atoms with E-state index < -0.39 is 28.5 Å². The fraction of sp³-hybridized carbons (Fsp3) is 0.297. The number of benzene rings is 4. The van der Waals surface area contributed by atoms with Gasteiger partial charge in [0.25, 0.3) is 10.0 Å². The van der Waals surface area contributed by atoms with Gasteiger partial charge in [-0.25, -0.2) is 8.42 Å². The number of carbonyl (C=O) groups excluding carboxylic acids is 2. The molecule has 1 atom stereocenters. The molecule has 1 N–H and O–H groups in total. The van der Waals surface area contributed by atoms with Crippen molar-refractivity contribution in [3.63, 3.8) is 0 Å². The molecule has 2 amide bonds. The van der Waals surface area contributed by atoms with E-state index in [1.807, 2.05) is 61.5 Å². The number of rotatable bonds is 16. The van der Waals surface area contributed by atoms with Gasteiger partial charge in [-0.15, -0.1) is 0 Å². The first-order valence-corrected chi connectivity index (χ1v) is 17.1. The van der Waals surface area contributed by atoms with Crippen molar-refractivity contribution in [1.82, 2.24) is 10.2 Å². The van der Waals surface area contributed by atoms with Crippen molar-refractivity contribution in [3.8, 4) is 23.0 Å². The molecule has 0 fully saturated rings. The molecular weight excluding hydrogens is 646 g/mol. The lowest BCUT2D eigenvalue weighted by Crippen LogP contribution is -2.53. The molecule has 4 aromatic carbocycles. The van der Waals surface area contributed by atoms with Crippen LogP contribution in [0.15, 0.2) is 95.9 Å². The van der Waals surface area contributed by atoms with Crippen LogP contribution in [0.4, 0.5) is 5.69 Å². The maximum Gasteiger partial charge on any atom is 0.265 e. The summed E-state index contributed by atoms with van der Waals surface area (Å²) < 4.78 is 52.0. The number of ether oxygens (including phenoxy) is 4. The van der Waals surface area contributed by atoms with Crippen LogP contribution in [0, 0.1) is 6.92 Å². The first kappa shape index (κ1) is 36.6. The number of nitrogens with zero attached hydrogens (tertiary/aromatic N) is 2. The third-order valence-electron chi connectivity index (χ3n) is 8.10. The topological polar surface area (TPSA) is 124 Å². The van der Waals surface area contributed by atoms with E-state index in [1.165, 1.54) is 57.6 Å². The molecule has 0 aliphatic heterocycles. The van der Waals surface area contributed by atoms with E-state index in [4.69, 9.17) is 18.9 Å². The van der Waals surface area contributed by atoms with Crippen molar-refractivity contribution in [3.05, 3.63) is 108 Å². The quantitative estimate of drug-likeness (QED) is 0.174. The Balaban J connectivity index is 1.90. The van der Waals surface area contributed by atoms with E-state index in [9.17, 15) is 18.0 Å². The molecule has 11 nitrogen and oxygen atoms in total. The van der Waals surface area contributed by atoms with Gasteiger partial charge in [0.05, 0.1) is 39.0 Å². The lowest BCUT2D eigenvalue weighted by molar-refractivity contribution is -0.140. The fourth-order valence-electron chi connectivity index (χ4n) is 5.43. The van der Waals surface area contributed by atoms with Crippen LogP contribution >= 0.6 is 0 Å². The summed E-state index contributed by atoms with van der Waals surface area (Å²) in [6.07, 6.45) is 0.204. The standard InChI is InChI=1S/C37H43N3O8S/c1-7-38-37(42)32(21-27-14-9-8-10-15-27)39(24-28-16-12-11-13-26(28)2)36(41)25-40(31-22-29(45-3)17-19-33(31)46-4)49(43,44)30-18-20-34(47-5)35(23-30)48-6/h8-20,22-23,32H,7,21,24-25H2,1-6H3,(H,38,42)/t32-/m0/s1. The molecule has 0 aliphatic rings. The molecule has 12 heteroatoms. The highest BCUT2D eigenvalue weighted by atomic mass is 32.2. The van der Waals surface area contributed by atoms with Crippen molar-refractivity contribution in [1.29, 1.82) is 0 Å². The van der Waals surface area contributed by atoms with E-state index >= 15 is 0 Å². The lowest BCUT2D eigenvalue weighted by Gasteiger charge is -2.34. The Labute approximate surface area is 288 Å². The Morgan fingerprint density at radius 1 is 0.776 bits per heavy atom. The van der Waals surface area contributed by atoms with Gasteiger partial charge in [-0.3, -0.25) is 13.9 Å². The molecule has 0 spiro atoms. The minimum atomic E-state index is -4.48. The van der Waals surface area contributed by atoms with E-state index in [1.54, 1.807) is 19.1 Å². The minimum absolute atomic E-state index is 0.0552. The zero-order valence-electron chi connectivity index (χ0n) is 28.6. The number of hydrogen-bond acceptors (Lipinski definition) is 8. The SMILES string of the molecule is CCNC(=O)[C@H](Cc1ccccc1)N(Cc1ccccc1C)C(=O)CN(c1cc(OC)ccc1OC)S(=O)(=O)c1ccc(OC)c(OC)c1. The van der Waals surface area contributed by atoms with Crippen molar-refractivity contribution < 1.29 is 37.0 Å². The number of methoxy groups -OCH3 is 4. The number of nitrogens with one attached hydrogen (secondary N) is 1. The normalized spacial score (nSPS) is 11.6. The van der Waals surface area contributed by atoms with Gasteiger partial charge in [0.2, 0.25) is 11.8 Å². The van der Waals surface area contributed by atoms with Gasteiger partial charge in [-0.2, -0.15) is 0 Å². The summed E-state index contributed by atoms with van der Waals surface area (Å²) in [5, 5.41) is 2.87. The third kappa shape index (κ3) is 8.63. The maximum absolute atomic E-state index is 14.8. The Morgan fingerprint density at radius 3 is 2.06 bits per heavy atom. The third-order valence-corrected chi connectivity index (χ3v) is 9.86. The highest BCUT2D eigenvalue weighted by Gasteiger charge is 2.36. The summed E-state index contributed by atoms with van der Waals surface area (Å²) in [6.45, 7) is 3.45. The molecular formula is C37H43N3O8S. The van der Waals surface area contributed by atoms with E-state index in [2.05, 4.69) is 5.32 Å². The maximum atomic E-state index is 14.8. The number of hydrogen-bond donors (Lipinski definition) is 1. The average Bonchev–Trinajstić information content (AvgIpc) is 3.12. The van der Waals surface area contributed by atoms with Crippen LogP contribution in [0.1, 0.15) is 23.6 Å². The average molecular weight is 690 g/mol. The summed E-state index contributed by atoms with van der Waals surface area (Å²) in [5.41, 5.74) is 2.63. The van der Waals surface area contributed by atoms with Gasteiger partial charge in [0, 0.05) is 31.6 Å². The molecule has 260 valence electrons. The Bertz CT molecular complexity index is 1850. The molecule has 0 aliphatic carbocycles. The Morgan fingerprint density at radius 2 is 1.43 bits per heavy atom. The second-order valence-corrected chi connectivity index (χ2v) is 13.0. The predicted molar refractivity (Wildman–Crippen MR) is 188 cm³/mol. The van der Waals surface area contributed by atoms with E-state index in [-0.39, 0.29) is 41.0 Å². The molecule has 0 unspecified atom stereocenters. The van der Waals surface area contributed by atoms with Crippen molar-refractivity contribution >= 4 is 27.5 Å². The van der Waals surface area contributed by atoms with Gasteiger partial charge < -0.3 is 29.2 Å². The smallest absolute Gasteiger partial charge is 0.265 e. The molecule has 0 heterocycles.